The molecule has 0 aliphatic carbocycles. The van der Waals surface area contributed by atoms with Gasteiger partial charge in [0.15, 0.2) is 0 Å². The number of hydrogen-bond donors (Lipinski definition) is 2. The van der Waals surface area contributed by atoms with Crippen molar-refractivity contribution >= 4 is 34.3 Å². The molecular weight excluding hydrogens is 502 g/mol. The van der Waals surface area contributed by atoms with E-state index in [1.807, 2.05) is 36.4 Å². The van der Waals surface area contributed by atoms with E-state index < -0.39 is 11.9 Å². The molecule has 0 spiro atoms. The van der Waals surface area contributed by atoms with Crippen LogP contribution in [0.15, 0.2) is 54.6 Å². The van der Waals surface area contributed by atoms with Gasteiger partial charge >= 0.3 is 5.97 Å². The zero-order valence-electron chi connectivity index (χ0n) is 21.4. The molecule has 2 N–H and O–H groups in total. The number of anilines is 1. The van der Waals surface area contributed by atoms with Gasteiger partial charge in [-0.15, -0.1) is 0 Å². The number of rotatable bonds is 7. The van der Waals surface area contributed by atoms with Gasteiger partial charge in [-0.25, -0.2) is 4.98 Å². The minimum atomic E-state index is -0.805. The largest absolute Gasteiger partial charge is 0.493 e. The zero-order chi connectivity index (χ0) is 26.4. The number of carboxylic acid groups (broad SMARTS) is 1. The zero-order valence-corrected chi connectivity index (χ0v) is 22.2. The topological polar surface area (TPSA) is 85.6 Å². The van der Waals surface area contributed by atoms with E-state index in [0.717, 1.165) is 70.1 Å². The number of carbonyl (C=O) groups is 1. The Labute approximate surface area is 226 Å². The standard InChI is InChI=1S/C30H30ClN3O4/c1-17-19(15-32-21-9-10-22-23(18(2)30(35)36)16-38-28(22)14-21)5-3-6-25(17)34-26-11-8-20(31)13-24(26)33-29(34)27-7-4-12-37-27/h3,5-6,8-11,13-14,18,23,27,32H,4,7,12,15-16H2,1-2H3,(H,35,36)/t18?,23-,27+/m0/s1. The third kappa shape index (κ3) is 4.40. The molecule has 2 aliphatic rings. The molecular formula is C30H30ClN3O4. The monoisotopic (exact) mass is 531 g/mol. The SMILES string of the molecule is Cc1c(CNc2ccc3c(c2)OC[C@H]3C(C)C(=O)O)cccc1-n1c([C@H]2CCCO2)nc2cc(Cl)ccc21. The molecule has 1 aromatic heterocycles. The molecule has 196 valence electrons. The highest BCUT2D eigenvalue weighted by Gasteiger charge is 2.33. The van der Waals surface area contributed by atoms with Gasteiger partial charge in [0, 0.05) is 41.4 Å². The summed E-state index contributed by atoms with van der Waals surface area (Å²) in [6.45, 7) is 5.64. The minimum Gasteiger partial charge on any atom is -0.493 e. The van der Waals surface area contributed by atoms with Crippen LogP contribution in [0, 0.1) is 12.8 Å². The van der Waals surface area contributed by atoms with Crippen molar-refractivity contribution in [1.82, 2.24) is 9.55 Å². The Morgan fingerprint density at radius 2 is 2.11 bits per heavy atom. The predicted octanol–water partition coefficient (Wildman–Crippen LogP) is 6.65. The van der Waals surface area contributed by atoms with Crippen molar-refractivity contribution in [1.29, 1.82) is 0 Å². The van der Waals surface area contributed by atoms with Crippen LogP contribution in [0.3, 0.4) is 0 Å². The number of fused-ring (bicyclic) bond motifs is 2. The Morgan fingerprint density at radius 3 is 2.89 bits per heavy atom. The van der Waals surface area contributed by atoms with Crippen molar-refractivity contribution in [2.75, 3.05) is 18.5 Å². The summed E-state index contributed by atoms with van der Waals surface area (Å²) in [7, 11) is 0. The first kappa shape index (κ1) is 24.8. The maximum absolute atomic E-state index is 11.5. The molecule has 3 atom stereocenters. The highest BCUT2D eigenvalue weighted by atomic mass is 35.5. The fourth-order valence-corrected chi connectivity index (χ4v) is 5.72. The molecule has 0 saturated carbocycles. The Bertz CT molecular complexity index is 1530. The lowest BCUT2D eigenvalue weighted by Crippen LogP contribution is -2.19. The quantitative estimate of drug-likeness (QED) is 0.278. The van der Waals surface area contributed by atoms with E-state index in [0.29, 0.717) is 18.2 Å². The molecule has 8 heteroatoms. The normalized spacial score (nSPS) is 19.3. The van der Waals surface area contributed by atoms with Gasteiger partial charge in [-0.2, -0.15) is 0 Å². The molecule has 0 bridgehead atoms. The van der Waals surface area contributed by atoms with E-state index in [2.05, 4.69) is 35.0 Å². The molecule has 4 aromatic rings. The summed E-state index contributed by atoms with van der Waals surface area (Å²) in [6, 6.07) is 18.1. The Balaban J connectivity index is 1.29. The highest BCUT2D eigenvalue weighted by molar-refractivity contribution is 6.31. The molecule has 7 nitrogen and oxygen atoms in total. The fraction of sp³-hybridized carbons (Fsp3) is 0.333. The van der Waals surface area contributed by atoms with Crippen molar-refractivity contribution < 1.29 is 19.4 Å². The first-order chi connectivity index (χ1) is 18.4. The summed E-state index contributed by atoms with van der Waals surface area (Å²) >= 11 is 6.29. The van der Waals surface area contributed by atoms with Gasteiger partial charge in [-0.3, -0.25) is 9.36 Å². The lowest BCUT2D eigenvalue weighted by atomic mass is 9.89. The Hall–Kier alpha value is -3.55. The van der Waals surface area contributed by atoms with E-state index >= 15 is 0 Å². The van der Waals surface area contributed by atoms with Crippen molar-refractivity contribution in [2.24, 2.45) is 5.92 Å². The molecule has 0 radical (unpaired) electrons. The number of carboxylic acids is 1. The van der Waals surface area contributed by atoms with E-state index in [4.69, 9.17) is 26.1 Å². The molecule has 1 fully saturated rings. The van der Waals surface area contributed by atoms with Gasteiger partial charge in [0.2, 0.25) is 0 Å². The van der Waals surface area contributed by atoms with Crippen molar-refractivity contribution in [3.05, 3.63) is 82.1 Å². The van der Waals surface area contributed by atoms with Crippen LogP contribution in [-0.4, -0.2) is 33.8 Å². The number of imidazole rings is 1. The van der Waals surface area contributed by atoms with E-state index in [1.165, 1.54) is 0 Å². The van der Waals surface area contributed by atoms with Gasteiger partial charge in [0.05, 0.1) is 29.2 Å². The number of aliphatic carboxylic acids is 1. The summed E-state index contributed by atoms with van der Waals surface area (Å²) in [4.78, 5) is 16.4. The van der Waals surface area contributed by atoms with Gasteiger partial charge in [-0.05, 0) is 61.2 Å². The molecule has 1 unspecified atom stereocenters. The van der Waals surface area contributed by atoms with E-state index in [1.54, 1.807) is 6.92 Å². The Kier molecular flexibility index (Phi) is 6.50. The minimum absolute atomic E-state index is 0.0403. The van der Waals surface area contributed by atoms with Crippen molar-refractivity contribution in [3.63, 3.8) is 0 Å². The number of nitrogens with zero attached hydrogens (tertiary/aromatic N) is 2. The predicted molar refractivity (Wildman–Crippen MR) is 148 cm³/mol. The molecule has 0 amide bonds. The third-order valence-electron chi connectivity index (χ3n) is 7.83. The molecule has 3 heterocycles. The highest BCUT2D eigenvalue weighted by Crippen LogP contribution is 2.40. The first-order valence-corrected chi connectivity index (χ1v) is 13.4. The first-order valence-electron chi connectivity index (χ1n) is 13.0. The number of ether oxygens (including phenoxy) is 2. The molecule has 6 rings (SSSR count). The molecule has 2 aliphatic heterocycles. The summed E-state index contributed by atoms with van der Waals surface area (Å²) in [5.41, 5.74) is 7.14. The summed E-state index contributed by atoms with van der Waals surface area (Å²) in [6.07, 6.45) is 1.93. The van der Waals surface area contributed by atoms with Crippen LogP contribution in [0.2, 0.25) is 5.02 Å². The number of halogens is 1. The smallest absolute Gasteiger partial charge is 0.306 e. The number of benzene rings is 3. The molecule has 3 aromatic carbocycles. The average molecular weight is 532 g/mol. The van der Waals surface area contributed by atoms with Gasteiger partial charge in [0.1, 0.15) is 17.7 Å². The number of aromatic nitrogens is 2. The number of hydrogen-bond acceptors (Lipinski definition) is 5. The summed E-state index contributed by atoms with van der Waals surface area (Å²) in [5.74, 6) is 0.237. The summed E-state index contributed by atoms with van der Waals surface area (Å²) in [5, 5.41) is 13.6. The maximum atomic E-state index is 11.5. The fourth-order valence-electron chi connectivity index (χ4n) is 5.55. The molecule has 38 heavy (non-hydrogen) atoms. The maximum Gasteiger partial charge on any atom is 0.306 e. The van der Waals surface area contributed by atoms with Crippen LogP contribution in [0.25, 0.3) is 16.7 Å². The van der Waals surface area contributed by atoms with E-state index in [-0.39, 0.29) is 12.0 Å². The van der Waals surface area contributed by atoms with Crippen LogP contribution in [-0.2, 0) is 16.1 Å². The second kappa shape index (κ2) is 9.97. The van der Waals surface area contributed by atoms with Crippen molar-refractivity contribution in [2.45, 2.75) is 45.3 Å². The number of nitrogens with one attached hydrogen (secondary N) is 1. The van der Waals surface area contributed by atoms with Crippen LogP contribution in [0.4, 0.5) is 5.69 Å². The third-order valence-corrected chi connectivity index (χ3v) is 8.06. The lowest BCUT2D eigenvalue weighted by Gasteiger charge is -2.18. The Morgan fingerprint density at radius 1 is 1.24 bits per heavy atom. The average Bonchev–Trinajstić information content (AvgIpc) is 3.65. The van der Waals surface area contributed by atoms with Gasteiger partial charge in [-0.1, -0.05) is 36.7 Å². The van der Waals surface area contributed by atoms with Crippen LogP contribution in [0.1, 0.15) is 54.3 Å². The van der Waals surface area contributed by atoms with Gasteiger partial charge in [0.25, 0.3) is 0 Å². The lowest BCUT2D eigenvalue weighted by molar-refractivity contribution is -0.142. The van der Waals surface area contributed by atoms with Gasteiger partial charge < -0.3 is 19.9 Å². The van der Waals surface area contributed by atoms with E-state index in [9.17, 15) is 9.90 Å². The van der Waals surface area contributed by atoms with Crippen LogP contribution >= 0.6 is 11.6 Å². The van der Waals surface area contributed by atoms with Crippen molar-refractivity contribution in [3.8, 4) is 11.4 Å². The second-order valence-electron chi connectivity index (χ2n) is 10.2. The summed E-state index contributed by atoms with van der Waals surface area (Å²) < 4.78 is 14.1. The second-order valence-corrected chi connectivity index (χ2v) is 10.6. The molecule has 1 saturated heterocycles. The van der Waals surface area contributed by atoms with Crippen LogP contribution < -0.4 is 10.1 Å². The van der Waals surface area contributed by atoms with Crippen LogP contribution in [0.5, 0.6) is 5.75 Å².